The molecule has 1 amide bonds. The summed E-state index contributed by atoms with van der Waals surface area (Å²) in [5, 5.41) is 5.04. The number of hydrogen-bond acceptors (Lipinski definition) is 6. The molecule has 1 N–H and O–H groups in total. The molecule has 2 aromatic rings. The van der Waals surface area contributed by atoms with Gasteiger partial charge in [0.25, 0.3) is 0 Å². The molecule has 7 heteroatoms. The number of ether oxygens (including phenoxy) is 2. The number of likely N-dealkylation sites (N-methyl/N-ethyl adjacent to an activating group) is 1. The zero-order valence-electron chi connectivity index (χ0n) is 15.3. The lowest BCUT2D eigenvalue weighted by Crippen LogP contribution is -2.33. The maximum Gasteiger partial charge on any atom is 0.341 e. The van der Waals surface area contributed by atoms with E-state index in [4.69, 9.17) is 9.47 Å². The monoisotopic (exact) mass is 376 g/mol. The summed E-state index contributed by atoms with van der Waals surface area (Å²) in [7, 11) is 1.85. The van der Waals surface area contributed by atoms with Gasteiger partial charge < -0.3 is 14.8 Å². The third-order valence-corrected chi connectivity index (χ3v) is 4.48. The minimum atomic E-state index is -0.427. The number of anilines is 1. The molecule has 0 saturated heterocycles. The molecule has 0 fully saturated rings. The first-order valence-electron chi connectivity index (χ1n) is 8.42. The number of esters is 1. The van der Waals surface area contributed by atoms with Gasteiger partial charge in [0.05, 0.1) is 18.7 Å². The Balaban J connectivity index is 1.78. The molecule has 6 nitrogen and oxygen atoms in total. The Morgan fingerprint density at radius 1 is 1.23 bits per heavy atom. The molecular weight excluding hydrogens is 352 g/mol. The molecule has 0 radical (unpaired) electrons. The van der Waals surface area contributed by atoms with E-state index in [0.29, 0.717) is 30.3 Å². The Labute approximate surface area is 157 Å². The molecule has 0 aliphatic heterocycles. The lowest BCUT2D eigenvalue weighted by atomic mass is 10.2. The normalized spacial score (nSPS) is 10.6. The van der Waals surface area contributed by atoms with Gasteiger partial charge in [0.2, 0.25) is 5.91 Å². The number of aryl methyl sites for hydroxylation is 1. The number of amides is 1. The van der Waals surface area contributed by atoms with E-state index >= 15 is 0 Å². The van der Waals surface area contributed by atoms with Crippen LogP contribution >= 0.6 is 11.3 Å². The maximum absolute atomic E-state index is 12.2. The van der Waals surface area contributed by atoms with Crippen molar-refractivity contribution in [3.63, 3.8) is 0 Å². The smallest absolute Gasteiger partial charge is 0.341 e. The Hall–Kier alpha value is -2.38. The first kappa shape index (κ1) is 19.9. The van der Waals surface area contributed by atoms with Crippen molar-refractivity contribution in [1.29, 1.82) is 0 Å². The summed E-state index contributed by atoms with van der Waals surface area (Å²) < 4.78 is 10.7. The molecule has 26 heavy (non-hydrogen) atoms. The summed E-state index contributed by atoms with van der Waals surface area (Å²) in [4.78, 5) is 25.9. The van der Waals surface area contributed by atoms with E-state index in [2.05, 4.69) is 5.32 Å². The molecule has 0 spiro atoms. The van der Waals surface area contributed by atoms with Crippen LogP contribution in [0.5, 0.6) is 5.75 Å². The van der Waals surface area contributed by atoms with Crippen LogP contribution in [0.15, 0.2) is 35.7 Å². The Morgan fingerprint density at radius 2 is 2.00 bits per heavy atom. The van der Waals surface area contributed by atoms with Crippen LogP contribution in [0, 0.1) is 6.92 Å². The number of carbonyl (C=O) groups excluding carboxylic acids is 2. The van der Waals surface area contributed by atoms with Crippen molar-refractivity contribution in [2.75, 3.05) is 38.7 Å². The number of para-hydroxylation sites is 1. The van der Waals surface area contributed by atoms with Gasteiger partial charge >= 0.3 is 5.97 Å². The molecule has 140 valence electrons. The van der Waals surface area contributed by atoms with Crippen molar-refractivity contribution in [2.45, 2.75) is 13.8 Å². The van der Waals surface area contributed by atoms with Gasteiger partial charge in [-0.05, 0) is 44.0 Å². The van der Waals surface area contributed by atoms with Gasteiger partial charge in [-0.1, -0.05) is 18.2 Å². The highest BCUT2D eigenvalue weighted by molar-refractivity contribution is 7.14. The SMILES string of the molecule is CCOC(=O)c1ccsc1NC(=O)CN(C)CCOc1ccccc1C. The van der Waals surface area contributed by atoms with Crippen LogP contribution in [-0.2, 0) is 9.53 Å². The van der Waals surface area contributed by atoms with E-state index in [0.717, 1.165) is 11.3 Å². The summed E-state index contributed by atoms with van der Waals surface area (Å²) in [6.07, 6.45) is 0. The van der Waals surface area contributed by atoms with Crippen molar-refractivity contribution in [1.82, 2.24) is 4.90 Å². The van der Waals surface area contributed by atoms with Crippen molar-refractivity contribution < 1.29 is 19.1 Å². The molecule has 1 heterocycles. The highest BCUT2D eigenvalue weighted by Crippen LogP contribution is 2.24. The fraction of sp³-hybridized carbons (Fsp3) is 0.368. The molecule has 0 aliphatic rings. The van der Waals surface area contributed by atoms with E-state index in [-0.39, 0.29) is 12.5 Å². The number of hydrogen-bond donors (Lipinski definition) is 1. The average molecular weight is 376 g/mol. The van der Waals surface area contributed by atoms with Crippen molar-refractivity contribution in [3.05, 3.63) is 46.8 Å². The molecule has 1 aromatic carbocycles. The fourth-order valence-electron chi connectivity index (χ4n) is 2.30. The minimum absolute atomic E-state index is 0.184. The van der Waals surface area contributed by atoms with Gasteiger partial charge in [0.15, 0.2) is 0 Å². The van der Waals surface area contributed by atoms with E-state index in [1.54, 1.807) is 18.4 Å². The predicted molar refractivity (Wildman–Crippen MR) is 103 cm³/mol. The van der Waals surface area contributed by atoms with Crippen molar-refractivity contribution in [2.24, 2.45) is 0 Å². The van der Waals surface area contributed by atoms with Gasteiger partial charge in [-0.25, -0.2) is 4.79 Å². The summed E-state index contributed by atoms with van der Waals surface area (Å²) in [6, 6.07) is 9.47. The second-order valence-electron chi connectivity index (χ2n) is 5.78. The molecule has 0 atom stereocenters. The van der Waals surface area contributed by atoms with E-state index < -0.39 is 5.97 Å². The maximum atomic E-state index is 12.2. The average Bonchev–Trinajstić information content (AvgIpc) is 3.04. The number of thiophene rings is 1. The number of carbonyl (C=O) groups is 2. The minimum Gasteiger partial charge on any atom is -0.492 e. The molecule has 0 bridgehead atoms. The lowest BCUT2D eigenvalue weighted by molar-refractivity contribution is -0.117. The van der Waals surface area contributed by atoms with E-state index in [9.17, 15) is 9.59 Å². The Bertz CT molecular complexity index is 745. The zero-order chi connectivity index (χ0) is 18.9. The second-order valence-corrected chi connectivity index (χ2v) is 6.70. The molecule has 0 aliphatic carbocycles. The number of nitrogens with one attached hydrogen (secondary N) is 1. The van der Waals surface area contributed by atoms with Gasteiger partial charge in [0.1, 0.15) is 17.4 Å². The van der Waals surface area contributed by atoms with E-state index in [1.165, 1.54) is 11.3 Å². The molecule has 1 aromatic heterocycles. The number of nitrogens with zero attached hydrogens (tertiary/aromatic N) is 1. The van der Waals surface area contributed by atoms with Crippen LogP contribution in [0.3, 0.4) is 0 Å². The van der Waals surface area contributed by atoms with Crippen LogP contribution in [0.2, 0.25) is 0 Å². The lowest BCUT2D eigenvalue weighted by Gasteiger charge is -2.17. The topological polar surface area (TPSA) is 67.9 Å². The molecule has 0 saturated carbocycles. The summed E-state index contributed by atoms with van der Waals surface area (Å²) in [5.74, 6) is 0.239. The Morgan fingerprint density at radius 3 is 2.73 bits per heavy atom. The van der Waals surface area contributed by atoms with Crippen LogP contribution in [-0.4, -0.2) is 50.1 Å². The van der Waals surface area contributed by atoms with Crippen LogP contribution in [0.4, 0.5) is 5.00 Å². The van der Waals surface area contributed by atoms with Gasteiger partial charge in [-0.15, -0.1) is 11.3 Å². The second kappa shape index (κ2) is 9.94. The Kier molecular flexibility index (Phi) is 7.62. The third kappa shape index (κ3) is 5.86. The molecule has 0 unspecified atom stereocenters. The van der Waals surface area contributed by atoms with Crippen molar-refractivity contribution in [3.8, 4) is 5.75 Å². The summed E-state index contributed by atoms with van der Waals surface area (Å²) in [6.45, 7) is 5.34. The summed E-state index contributed by atoms with van der Waals surface area (Å²) >= 11 is 1.30. The number of rotatable bonds is 9. The van der Waals surface area contributed by atoms with E-state index in [1.807, 2.05) is 43.1 Å². The first-order valence-corrected chi connectivity index (χ1v) is 9.30. The van der Waals surface area contributed by atoms with Crippen LogP contribution < -0.4 is 10.1 Å². The molecular formula is C19H24N2O4S. The first-order chi connectivity index (χ1) is 12.5. The number of benzene rings is 1. The fourth-order valence-corrected chi connectivity index (χ4v) is 3.09. The standard InChI is InChI=1S/C19H24N2O4S/c1-4-24-19(23)15-9-12-26-18(15)20-17(22)13-21(3)10-11-25-16-8-6-5-7-14(16)2/h5-9,12H,4,10-11,13H2,1-3H3,(H,20,22). The van der Waals surface area contributed by atoms with Crippen molar-refractivity contribution >= 4 is 28.2 Å². The van der Waals surface area contributed by atoms with Gasteiger partial charge in [-0.2, -0.15) is 0 Å². The van der Waals surface area contributed by atoms with Gasteiger partial charge in [0, 0.05) is 6.54 Å². The van der Waals surface area contributed by atoms with Crippen LogP contribution in [0.25, 0.3) is 0 Å². The predicted octanol–water partition coefficient (Wildman–Crippen LogP) is 3.18. The highest BCUT2D eigenvalue weighted by atomic mass is 32.1. The third-order valence-electron chi connectivity index (χ3n) is 3.65. The largest absolute Gasteiger partial charge is 0.492 e. The zero-order valence-corrected chi connectivity index (χ0v) is 16.1. The molecule has 2 rings (SSSR count). The quantitative estimate of drug-likeness (QED) is 0.681. The van der Waals surface area contributed by atoms with Crippen LogP contribution in [0.1, 0.15) is 22.8 Å². The van der Waals surface area contributed by atoms with Gasteiger partial charge in [-0.3, -0.25) is 9.69 Å². The summed E-state index contributed by atoms with van der Waals surface area (Å²) in [5.41, 5.74) is 1.47. The highest BCUT2D eigenvalue weighted by Gasteiger charge is 2.16.